The van der Waals surface area contributed by atoms with E-state index in [9.17, 15) is 4.79 Å². The number of piperazine rings is 1. The van der Waals surface area contributed by atoms with Gasteiger partial charge >= 0.3 is 0 Å². The van der Waals surface area contributed by atoms with Gasteiger partial charge in [-0.3, -0.25) is 9.69 Å². The van der Waals surface area contributed by atoms with Gasteiger partial charge in [0, 0.05) is 25.7 Å². The highest BCUT2D eigenvalue weighted by molar-refractivity contribution is 5.91. The zero-order chi connectivity index (χ0) is 17.7. The number of benzene rings is 1. The normalized spacial score (nSPS) is 18.5. The lowest BCUT2D eigenvalue weighted by Gasteiger charge is -2.39. The average molecular weight is 330 g/mol. The van der Waals surface area contributed by atoms with Gasteiger partial charge in [0.25, 0.3) is 5.91 Å². The van der Waals surface area contributed by atoms with E-state index in [0.29, 0.717) is 6.61 Å². The number of carbonyl (C=O) groups excluding carboxylic acids is 1. The quantitative estimate of drug-likeness (QED) is 0.624. The van der Waals surface area contributed by atoms with Crippen molar-refractivity contribution >= 4 is 5.91 Å². The largest absolute Gasteiger partial charge is 0.489 e. The van der Waals surface area contributed by atoms with E-state index in [1.54, 1.807) is 0 Å². The average Bonchev–Trinajstić information content (AvgIpc) is 2.53. The topological polar surface area (TPSA) is 32.8 Å². The maximum absolute atomic E-state index is 12.0. The van der Waals surface area contributed by atoms with E-state index in [-0.39, 0.29) is 17.7 Å². The SMILES string of the molecule is C=C(OCC)C(=O)N1CCN(CCC)CC1C.Cc1cc2ccc1=2. The summed E-state index contributed by atoms with van der Waals surface area (Å²) in [6, 6.07) is 6.74. The zero-order valence-electron chi connectivity index (χ0n) is 15.5. The van der Waals surface area contributed by atoms with Crippen molar-refractivity contribution in [3.8, 4) is 0 Å². The molecule has 0 spiro atoms. The second-order valence-corrected chi connectivity index (χ2v) is 6.53. The lowest BCUT2D eigenvalue weighted by molar-refractivity contribution is -0.135. The first-order valence-electron chi connectivity index (χ1n) is 8.94. The molecule has 2 aliphatic carbocycles. The monoisotopic (exact) mass is 330 g/mol. The molecule has 3 aliphatic rings. The van der Waals surface area contributed by atoms with E-state index in [1.165, 1.54) is 16.0 Å². The maximum atomic E-state index is 12.0. The third kappa shape index (κ3) is 4.18. The molecule has 1 saturated heterocycles. The Morgan fingerprint density at radius 3 is 2.46 bits per heavy atom. The van der Waals surface area contributed by atoms with Crippen LogP contribution in [0.5, 0.6) is 0 Å². The van der Waals surface area contributed by atoms with E-state index < -0.39 is 0 Å². The van der Waals surface area contributed by atoms with E-state index in [4.69, 9.17) is 4.74 Å². The van der Waals surface area contributed by atoms with Gasteiger partial charge in [-0.2, -0.15) is 0 Å². The van der Waals surface area contributed by atoms with Crippen LogP contribution in [0.4, 0.5) is 0 Å². The molecule has 0 aromatic carbocycles. The first-order valence-corrected chi connectivity index (χ1v) is 8.94. The number of nitrogens with zero attached hydrogens (tertiary/aromatic N) is 2. The Kier molecular flexibility index (Phi) is 6.44. The molecule has 24 heavy (non-hydrogen) atoms. The highest BCUT2D eigenvalue weighted by Crippen LogP contribution is 2.14. The van der Waals surface area contributed by atoms with Gasteiger partial charge < -0.3 is 9.64 Å². The second-order valence-electron chi connectivity index (χ2n) is 6.53. The van der Waals surface area contributed by atoms with Gasteiger partial charge in [0.2, 0.25) is 0 Å². The molecule has 4 heteroatoms. The third-order valence-electron chi connectivity index (χ3n) is 4.61. The van der Waals surface area contributed by atoms with E-state index >= 15 is 0 Å². The van der Waals surface area contributed by atoms with Gasteiger partial charge in [-0.15, -0.1) is 0 Å². The molecule has 1 fully saturated rings. The van der Waals surface area contributed by atoms with Crippen molar-refractivity contribution in [3.05, 3.63) is 46.5 Å². The molecular formula is C20H30N2O2. The van der Waals surface area contributed by atoms with Crippen LogP contribution in [0.2, 0.25) is 0 Å². The van der Waals surface area contributed by atoms with Gasteiger partial charge in [0.15, 0.2) is 5.76 Å². The Bertz CT molecular complexity index is 683. The molecule has 1 amide bonds. The molecule has 132 valence electrons. The summed E-state index contributed by atoms with van der Waals surface area (Å²) in [7, 11) is 0. The Labute approximate surface area is 145 Å². The highest BCUT2D eigenvalue weighted by Gasteiger charge is 2.28. The molecule has 0 aromatic rings. The zero-order valence-corrected chi connectivity index (χ0v) is 15.5. The Balaban J connectivity index is 0.000000242. The molecule has 0 bridgehead atoms. The Morgan fingerprint density at radius 1 is 1.33 bits per heavy atom. The second kappa shape index (κ2) is 8.34. The van der Waals surface area contributed by atoms with Crippen LogP contribution in [0.1, 0.15) is 32.8 Å². The van der Waals surface area contributed by atoms with Crippen molar-refractivity contribution in [2.24, 2.45) is 0 Å². The Hall–Kier alpha value is -1.81. The number of aryl methyl sites for hydroxylation is 1. The van der Waals surface area contributed by atoms with Crippen molar-refractivity contribution in [2.75, 3.05) is 32.8 Å². The minimum atomic E-state index is -0.0597. The lowest BCUT2D eigenvalue weighted by Crippen LogP contribution is -2.54. The van der Waals surface area contributed by atoms with Gasteiger partial charge in [-0.1, -0.05) is 31.7 Å². The molecule has 3 rings (SSSR count). The molecule has 1 unspecified atom stereocenters. The van der Waals surface area contributed by atoms with Gasteiger partial charge in [0.05, 0.1) is 6.61 Å². The fourth-order valence-electron chi connectivity index (χ4n) is 3.23. The standard InChI is InChI=1S/C13H24N2O2.C7H6/c1-5-7-14-8-9-15(11(3)10-14)13(16)12(4)17-6-2;1-5-4-6-2-3-7(5)6/h11H,4-10H2,1-3H3;2-4H,1H3. The van der Waals surface area contributed by atoms with Crippen LogP contribution in [-0.4, -0.2) is 54.5 Å². The minimum Gasteiger partial charge on any atom is -0.489 e. The van der Waals surface area contributed by atoms with E-state index in [2.05, 4.69) is 50.4 Å². The summed E-state index contributed by atoms with van der Waals surface area (Å²) in [6.45, 7) is 16.2. The van der Waals surface area contributed by atoms with Gasteiger partial charge in [0.1, 0.15) is 0 Å². The fraction of sp³-hybridized carbons (Fsp3) is 0.550. The molecule has 1 heterocycles. The van der Waals surface area contributed by atoms with Crippen LogP contribution in [0.25, 0.3) is 0 Å². The summed E-state index contributed by atoms with van der Waals surface area (Å²) in [5, 5.41) is 2.91. The highest BCUT2D eigenvalue weighted by atomic mass is 16.5. The molecule has 0 N–H and O–H groups in total. The molecule has 0 saturated carbocycles. The lowest BCUT2D eigenvalue weighted by atomic mass is 10.0. The summed E-state index contributed by atoms with van der Waals surface area (Å²) in [5.41, 5.74) is 1.44. The summed E-state index contributed by atoms with van der Waals surface area (Å²) in [5.74, 6) is 0.207. The maximum Gasteiger partial charge on any atom is 0.288 e. The van der Waals surface area contributed by atoms with Crippen LogP contribution >= 0.6 is 0 Å². The number of carbonyl (C=O) groups is 1. The van der Waals surface area contributed by atoms with E-state index in [1.807, 2.05) is 11.8 Å². The first kappa shape index (κ1) is 18.5. The number of hydrogen-bond acceptors (Lipinski definition) is 3. The summed E-state index contributed by atoms with van der Waals surface area (Å²) in [6.07, 6.45) is 1.16. The first-order chi connectivity index (χ1) is 11.5. The van der Waals surface area contributed by atoms with Crippen molar-refractivity contribution in [3.63, 3.8) is 0 Å². The number of ether oxygens (including phenoxy) is 1. The van der Waals surface area contributed by atoms with Crippen molar-refractivity contribution in [1.82, 2.24) is 9.80 Å². The predicted octanol–water partition coefficient (Wildman–Crippen LogP) is 3.07. The third-order valence-corrected chi connectivity index (χ3v) is 4.61. The molecule has 4 nitrogen and oxygen atoms in total. The number of hydrogen-bond donors (Lipinski definition) is 0. The summed E-state index contributed by atoms with van der Waals surface area (Å²) >= 11 is 0. The van der Waals surface area contributed by atoms with Crippen LogP contribution in [0.3, 0.4) is 0 Å². The summed E-state index contributed by atoms with van der Waals surface area (Å²) in [4.78, 5) is 16.3. The Morgan fingerprint density at radius 2 is 2.08 bits per heavy atom. The van der Waals surface area contributed by atoms with Gasteiger partial charge in [-0.05, 0) is 49.7 Å². The smallest absolute Gasteiger partial charge is 0.288 e. The van der Waals surface area contributed by atoms with E-state index in [0.717, 1.165) is 32.6 Å². The fourth-order valence-corrected chi connectivity index (χ4v) is 3.23. The van der Waals surface area contributed by atoms with Crippen LogP contribution in [-0.2, 0) is 9.53 Å². The van der Waals surface area contributed by atoms with Crippen LogP contribution in [0.15, 0.2) is 30.5 Å². The molecule has 1 aliphatic heterocycles. The van der Waals surface area contributed by atoms with Gasteiger partial charge in [-0.25, -0.2) is 0 Å². The van der Waals surface area contributed by atoms with Crippen LogP contribution in [0, 0.1) is 17.4 Å². The molecule has 1 atom stereocenters. The molecule has 0 aromatic heterocycles. The van der Waals surface area contributed by atoms with Crippen molar-refractivity contribution in [1.29, 1.82) is 0 Å². The predicted molar refractivity (Wildman–Crippen MR) is 97.5 cm³/mol. The molecular weight excluding hydrogens is 300 g/mol. The molecule has 0 radical (unpaired) electrons. The minimum absolute atomic E-state index is 0.0597. The van der Waals surface area contributed by atoms with Crippen molar-refractivity contribution < 1.29 is 9.53 Å². The van der Waals surface area contributed by atoms with Crippen molar-refractivity contribution in [2.45, 2.75) is 40.2 Å². The number of amides is 1. The number of rotatable bonds is 5. The summed E-state index contributed by atoms with van der Waals surface area (Å²) < 4.78 is 5.18. The van der Waals surface area contributed by atoms with Crippen LogP contribution < -0.4 is 0 Å².